The average molecular weight is 474 g/mol. The largest absolute Gasteiger partial charge is 0.331 e. The lowest BCUT2D eigenvalue weighted by Crippen LogP contribution is -2.20. The first-order valence-corrected chi connectivity index (χ1v) is 9.37. The van der Waals surface area contributed by atoms with Gasteiger partial charge in [-0.15, -0.1) is 0 Å². The topological polar surface area (TPSA) is 41.9 Å². The molecule has 0 aliphatic rings. The summed E-state index contributed by atoms with van der Waals surface area (Å²) in [5, 5.41) is 11.8. The van der Waals surface area contributed by atoms with Gasteiger partial charge in [0.15, 0.2) is 10.9 Å². The number of hydrogen-bond donors (Lipinski definition) is 2. The number of rotatable bonds is 4. The normalized spacial score (nSPS) is 10.6. The molecule has 134 valence electrons. The Labute approximate surface area is 173 Å². The van der Waals surface area contributed by atoms with Crippen LogP contribution in [0.3, 0.4) is 0 Å². The van der Waals surface area contributed by atoms with Gasteiger partial charge in [0.2, 0.25) is 0 Å². The van der Waals surface area contributed by atoms with Gasteiger partial charge in [0.1, 0.15) is 5.82 Å². The van der Waals surface area contributed by atoms with E-state index in [-0.39, 0.29) is 5.82 Å². The molecule has 26 heavy (non-hydrogen) atoms. The third-order valence-corrected chi connectivity index (χ3v) is 4.73. The molecule has 0 spiro atoms. The SMILES string of the molecule is Fc1ccc(Cn2cc(Br)c(NC(=S)Nc3cc(Cl)ccc3Cl)n2)cc1. The number of thiocarbonyl (C=S) groups is 1. The molecular formula is C17H12BrCl2FN4S. The van der Waals surface area contributed by atoms with E-state index in [1.54, 1.807) is 41.2 Å². The van der Waals surface area contributed by atoms with Gasteiger partial charge in [0, 0.05) is 11.2 Å². The molecule has 0 unspecified atom stereocenters. The van der Waals surface area contributed by atoms with E-state index >= 15 is 0 Å². The van der Waals surface area contributed by atoms with Gasteiger partial charge in [-0.25, -0.2) is 4.39 Å². The summed E-state index contributed by atoms with van der Waals surface area (Å²) in [5.74, 6) is 0.275. The van der Waals surface area contributed by atoms with Crippen molar-refractivity contribution in [3.8, 4) is 0 Å². The highest BCUT2D eigenvalue weighted by atomic mass is 79.9. The van der Waals surface area contributed by atoms with Crippen molar-refractivity contribution in [1.29, 1.82) is 0 Å². The molecule has 3 rings (SSSR count). The van der Waals surface area contributed by atoms with E-state index in [0.29, 0.717) is 33.2 Å². The van der Waals surface area contributed by atoms with Crippen LogP contribution in [0.2, 0.25) is 10.0 Å². The van der Waals surface area contributed by atoms with Crippen LogP contribution < -0.4 is 10.6 Å². The molecule has 0 amide bonds. The van der Waals surface area contributed by atoms with Crippen molar-refractivity contribution in [2.24, 2.45) is 0 Å². The first-order valence-electron chi connectivity index (χ1n) is 7.41. The first kappa shape index (κ1) is 19.1. The van der Waals surface area contributed by atoms with Crippen LogP contribution in [0.25, 0.3) is 0 Å². The Hall–Kier alpha value is -1.67. The van der Waals surface area contributed by atoms with Crippen molar-refractivity contribution in [3.05, 3.63) is 74.6 Å². The summed E-state index contributed by atoms with van der Waals surface area (Å²) in [6.45, 7) is 0.501. The lowest BCUT2D eigenvalue weighted by atomic mass is 10.2. The van der Waals surface area contributed by atoms with Gasteiger partial charge in [0.05, 0.1) is 21.7 Å². The van der Waals surface area contributed by atoms with Gasteiger partial charge in [-0.1, -0.05) is 35.3 Å². The molecule has 2 N–H and O–H groups in total. The summed E-state index contributed by atoms with van der Waals surface area (Å²) in [6, 6.07) is 11.3. The molecule has 0 aliphatic carbocycles. The fraction of sp³-hybridized carbons (Fsp3) is 0.0588. The average Bonchev–Trinajstić information content (AvgIpc) is 2.92. The predicted octanol–water partition coefficient (Wildman–Crippen LogP) is 5.95. The molecule has 0 fully saturated rings. The maximum atomic E-state index is 13.0. The number of aromatic nitrogens is 2. The molecule has 0 atom stereocenters. The second-order valence-electron chi connectivity index (χ2n) is 5.35. The van der Waals surface area contributed by atoms with Crippen molar-refractivity contribution in [3.63, 3.8) is 0 Å². The van der Waals surface area contributed by atoms with Gasteiger partial charge in [-0.05, 0) is 64.0 Å². The van der Waals surface area contributed by atoms with Crippen LogP contribution in [0, 0.1) is 5.82 Å². The van der Waals surface area contributed by atoms with Gasteiger partial charge < -0.3 is 10.6 Å². The van der Waals surface area contributed by atoms with Crippen LogP contribution in [-0.2, 0) is 6.54 Å². The second-order valence-corrected chi connectivity index (χ2v) is 7.46. The Morgan fingerprint density at radius 3 is 2.62 bits per heavy atom. The van der Waals surface area contributed by atoms with E-state index in [9.17, 15) is 4.39 Å². The molecular weight excluding hydrogens is 462 g/mol. The molecule has 2 aromatic carbocycles. The molecule has 4 nitrogen and oxygen atoms in total. The van der Waals surface area contributed by atoms with E-state index in [4.69, 9.17) is 35.4 Å². The summed E-state index contributed by atoms with van der Waals surface area (Å²) < 4.78 is 15.4. The monoisotopic (exact) mass is 472 g/mol. The third kappa shape index (κ3) is 4.94. The highest BCUT2D eigenvalue weighted by molar-refractivity contribution is 9.10. The molecule has 0 saturated heterocycles. The van der Waals surface area contributed by atoms with Crippen LogP contribution in [0.15, 0.2) is 53.1 Å². The lowest BCUT2D eigenvalue weighted by Gasteiger charge is -2.10. The Bertz CT molecular complexity index is 946. The molecule has 1 aromatic heterocycles. The van der Waals surface area contributed by atoms with Gasteiger partial charge >= 0.3 is 0 Å². The van der Waals surface area contributed by atoms with Crippen molar-refractivity contribution >= 4 is 68.0 Å². The minimum Gasteiger partial charge on any atom is -0.331 e. The second kappa shape index (κ2) is 8.35. The number of benzene rings is 2. The molecule has 0 aliphatic heterocycles. The smallest absolute Gasteiger partial charge is 0.176 e. The fourth-order valence-corrected chi connectivity index (χ4v) is 3.15. The predicted molar refractivity (Wildman–Crippen MR) is 112 cm³/mol. The number of nitrogens with zero attached hydrogens (tertiary/aromatic N) is 2. The van der Waals surface area contributed by atoms with Crippen molar-refractivity contribution in [2.75, 3.05) is 10.6 Å². The Morgan fingerprint density at radius 2 is 1.88 bits per heavy atom. The standard InChI is InChI=1S/C17H12BrCl2FN4S/c18-13-9-25(8-10-1-4-12(21)5-2-10)24-16(13)23-17(26)22-15-7-11(19)3-6-14(15)20/h1-7,9H,8H2,(H2,22,23,24,26). The molecule has 9 heteroatoms. The minimum atomic E-state index is -0.270. The van der Waals surface area contributed by atoms with E-state index < -0.39 is 0 Å². The highest BCUT2D eigenvalue weighted by Gasteiger charge is 2.10. The minimum absolute atomic E-state index is 0.270. The summed E-state index contributed by atoms with van der Waals surface area (Å²) in [4.78, 5) is 0. The van der Waals surface area contributed by atoms with Gasteiger partial charge in [0.25, 0.3) is 0 Å². The van der Waals surface area contributed by atoms with Crippen molar-refractivity contribution < 1.29 is 4.39 Å². The van der Waals surface area contributed by atoms with E-state index in [1.807, 2.05) is 0 Å². The lowest BCUT2D eigenvalue weighted by molar-refractivity contribution is 0.624. The molecule has 0 bridgehead atoms. The quantitative estimate of drug-likeness (QED) is 0.459. The zero-order valence-corrected chi connectivity index (χ0v) is 17.1. The zero-order chi connectivity index (χ0) is 18.7. The fourth-order valence-electron chi connectivity index (χ4n) is 2.19. The first-order chi connectivity index (χ1) is 12.4. The number of hydrogen-bond acceptors (Lipinski definition) is 2. The summed E-state index contributed by atoms with van der Waals surface area (Å²) in [7, 11) is 0. The maximum Gasteiger partial charge on any atom is 0.176 e. The maximum absolute atomic E-state index is 13.0. The third-order valence-electron chi connectivity index (χ3n) is 3.38. The molecule has 3 aromatic rings. The van der Waals surface area contributed by atoms with Crippen LogP contribution in [0.1, 0.15) is 5.56 Å². The van der Waals surface area contributed by atoms with E-state index in [1.165, 1.54) is 12.1 Å². The highest BCUT2D eigenvalue weighted by Crippen LogP contribution is 2.26. The Balaban J connectivity index is 1.68. The van der Waals surface area contributed by atoms with Crippen LogP contribution in [-0.4, -0.2) is 14.9 Å². The Morgan fingerprint density at radius 1 is 1.15 bits per heavy atom. The van der Waals surface area contributed by atoms with E-state index in [0.717, 1.165) is 10.0 Å². The van der Waals surface area contributed by atoms with Crippen molar-refractivity contribution in [2.45, 2.75) is 6.54 Å². The van der Waals surface area contributed by atoms with E-state index in [2.05, 4.69) is 31.7 Å². The Kier molecular flexibility index (Phi) is 6.13. The summed E-state index contributed by atoms with van der Waals surface area (Å²) >= 11 is 20.8. The summed E-state index contributed by atoms with van der Waals surface area (Å²) in [5.41, 5.74) is 1.53. The van der Waals surface area contributed by atoms with Crippen molar-refractivity contribution in [1.82, 2.24) is 9.78 Å². The van der Waals surface area contributed by atoms with Crippen LogP contribution in [0.4, 0.5) is 15.9 Å². The van der Waals surface area contributed by atoms with Gasteiger partial charge in [-0.3, -0.25) is 4.68 Å². The van der Waals surface area contributed by atoms with Crippen LogP contribution >= 0.6 is 51.3 Å². The summed E-state index contributed by atoms with van der Waals surface area (Å²) in [6.07, 6.45) is 1.81. The van der Waals surface area contributed by atoms with Gasteiger partial charge in [-0.2, -0.15) is 5.10 Å². The zero-order valence-electron chi connectivity index (χ0n) is 13.1. The number of halogens is 4. The number of nitrogens with one attached hydrogen (secondary N) is 2. The van der Waals surface area contributed by atoms with Crippen LogP contribution in [0.5, 0.6) is 0 Å². The number of anilines is 2. The molecule has 1 heterocycles. The molecule has 0 saturated carbocycles. The molecule has 0 radical (unpaired) electrons.